The van der Waals surface area contributed by atoms with E-state index in [4.69, 9.17) is 21.6 Å². The van der Waals surface area contributed by atoms with Gasteiger partial charge in [0.2, 0.25) is 0 Å². The normalized spacial score (nSPS) is 10.3. The van der Waals surface area contributed by atoms with Crippen molar-refractivity contribution in [3.05, 3.63) is 86.5 Å². The molecular formula is C18H11ClFN3O2. The summed E-state index contributed by atoms with van der Waals surface area (Å²) in [5.41, 5.74) is 1.39. The van der Waals surface area contributed by atoms with E-state index in [-0.39, 0.29) is 16.9 Å². The fourth-order valence-corrected chi connectivity index (χ4v) is 2.39. The van der Waals surface area contributed by atoms with Gasteiger partial charge in [0.25, 0.3) is 5.56 Å². The molecule has 0 saturated carbocycles. The first-order valence-electron chi connectivity index (χ1n) is 7.25. The van der Waals surface area contributed by atoms with Crippen molar-refractivity contribution in [1.29, 1.82) is 5.26 Å². The van der Waals surface area contributed by atoms with Crippen LogP contribution in [-0.2, 0) is 6.42 Å². The van der Waals surface area contributed by atoms with Crippen LogP contribution < -0.4 is 10.3 Å². The van der Waals surface area contributed by atoms with Crippen molar-refractivity contribution in [2.24, 2.45) is 0 Å². The molecule has 2 aromatic carbocycles. The molecule has 25 heavy (non-hydrogen) atoms. The molecule has 0 atom stereocenters. The van der Waals surface area contributed by atoms with Crippen LogP contribution in [-0.4, -0.2) is 10.2 Å². The van der Waals surface area contributed by atoms with Crippen molar-refractivity contribution in [3.8, 4) is 17.6 Å². The third kappa shape index (κ3) is 4.22. The number of benzene rings is 2. The topological polar surface area (TPSA) is 78.8 Å². The second-order valence-electron chi connectivity index (χ2n) is 5.24. The van der Waals surface area contributed by atoms with Gasteiger partial charge in [-0.05, 0) is 35.9 Å². The van der Waals surface area contributed by atoms with Gasteiger partial charge in [0.05, 0.1) is 22.3 Å². The lowest BCUT2D eigenvalue weighted by Crippen LogP contribution is -2.07. The van der Waals surface area contributed by atoms with Crippen LogP contribution >= 0.6 is 11.6 Å². The number of nitriles is 1. The van der Waals surface area contributed by atoms with E-state index >= 15 is 0 Å². The molecule has 5 nitrogen and oxygen atoms in total. The first kappa shape index (κ1) is 16.7. The highest BCUT2D eigenvalue weighted by molar-refractivity contribution is 6.32. The molecule has 0 amide bonds. The maximum absolute atomic E-state index is 13.5. The van der Waals surface area contributed by atoms with Gasteiger partial charge in [0.1, 0.15) is 17.3 Å². The molecule has 0 aliphatic rings. The summed E-state index contributed by atoms with van der Waals surface area (Å²) in [7, 11) is 0. The van der Waals surface area contributed by atoms with E-state index < -0.39 is 5.82 Å². The number of hydrogen-bond donors (Lipinski definition) is 1. The molecule has 0 bridgehead atoms. The van der Waals surface area contributed by atoms with E-state index in [0.29, 0.717) is 22.9 Å². The number of nitrogens with one attached hydrogen (secondary N) is 1. The van der Waals surface area contributed by atoms with Crippen molar-refractivity contribution >= 4 is 11.6 Å². The third-order valence-electron chi connectivity index (χ3n) is 3.35. The monoisotopic (exact) mass is 355 g/mol. The van der Waals surface area contributed by atoms with Crippen LogP contribution in [0.5, 0.6) is 11.5 Å². The highest BCUT2D eigenvalue weighted by Crippen LogP contribution is 2.31. The summed E-state index contributed by atoms with van der Waals surface area (Å²) in [6, 6.07) is 13.8. The number of nitrogens with zero attached hydrogens (tertiary/aromatic N) is 2. The van der Waals surface area contributed by atoms with Crippen LogP contribution in [0.1, 0.15) is 16.8 Å². The largest absolute Gasteiger partial charge is 0.456 e. The number of H-pyrrole nitrogens is 1. The minimum absolute atomic E-state index is 0.153. The minimum atomic E-state index is -0.571. The lowest BCUT2D eigenvalue weighted by molar-refractivity contribution is 0.476. The van der Waals surface area contributed by atoms with Crippen LogP contribution in [0.15, 0.2) is 53.3 Å². The average Bonchev–Trinajstić information content (AvgIpc) is 2.59. The SMILES string of the molecule is N#Cc1cc(F)cc(Oc2cc(Cc3ccc(=O)[nH]n3)ccc2Cl)c1. The number of halogens is 2. The van der Waals surface area contributed by atoms with Gasteiger partial charge in [-0.1, -0.05) is 17.7 Å². The predicted octanol–water partition coefficient (Wildman–Crippen LogP) is 3.82. The number of ether oxygens (including phenoxy) is 1. The number of aromatic amines is 1. The van der Waals surface area contributed by atoms with Crippen molar-refractivity contribution in [2.75, 3.05) is 0 Å². The Kier molecular flexibility index (Phi) is 4.78. The molecule has 0 spiro atoms. The number of aromatic nitrogens is 2. The molecule has 3 rings (SSSR count). The summed E-state index contributed by atoms with van der Waals surface area (Å²) in [5.74, 6) is -0.0605. The third-order valence-corrected chi connectivity index (χ3v) is 3.66. The fourth-order valence-electron chi connectivity index (χ4n) is 2.23. The molecule has 1 heterocycles. The van der Waals surface area contributed by atoms with E-state index in [9.17, 15) is 9.18 Å². The molecule has 1 N–H and O–H groups in total. The maximum Gasteiger partial charge on any atom is 0.264 e. The number of rotatable bonds is 4. The Labute approximate surface area is 147 Å². The van der Waals surface area contributed by atoms with Gasteiger partial charge in [-0.2, -0.15) is 10.4 Å². The summed E-state index contributed by atoms with van der Waals surface area (Å²) < 4.78 is 19.1. The fraction of sp³-hybridized carbons (Fsp3) is 0.0556. The molecule has 1 aromatic heterocycles. The van der Waals surface area contributed by atoms with Crippen LogP contribution in [0.2, 0.25) is 5.02 Å². The molecule has 0 aliphatic carbocycles. The first-order valence-corrected chi connectivity index (χ1v) is 7.63. The minimum Gasteiger partial charge on any atom is -0.456 e. The van der Waals surface area contributed by atoms with E-state index in [0.717, 1.165) is 11.6 Å². The van der Waals surface area contributed by atoms with Crippen LogP contribution in [0.25, 0.3) is 0 Å². The zero-order chi connectivity index (χ0) is 17.8. The van der Waals surface area contributed by atoms with Gasteiger partial charge in [0.15, 0.2) is 0 Å². The Hall–Kier alpha value is -3.17. The Morgan fingerprint density at radius 3 is 2.76 bits per heavy atom. The average molecular weight is 356 g/mol. The zero-order valence-corrected chi connectivity index (χ0v) is 13.5. The van der Waals surface area contributed by atoms with Gasteiger partial charge >= 0.3 is 0 Å². The predicted molar refractivity (Wildman–Crippen MR) is 90.3 cm³/mol. The van der Waals surface area contributed by atoms with Crippen molar-refractivity contribution < 1.29 is 9.13 Å². The van der Waals surface area contributed by atoms with E-state index in [2.05, 4.69) is 10.2 Å². The van der Waals surface area contributed by atoms with Gasteiger partial charge < -0.3 is 4.74 Å². The van der Waals surface area contributed by atoms with E-state index in [1.807, 2.05) is 6.07 Å². The Balaban J connectivity index is 1.87. The van der Waals surface area contributed by atoms with Gasteiger partial charge in [0, 0.05) is 18.6 Å². The van der Waals surface area contributed by atoms with Gasteiger partial charge in [-0.3, -0.25) is 4.79 Å². The van der Waals surface area contributed by atoms with Crippen LogP contribution in [0.4, 0.5) is 4.39 Å². The van der Waals surface area contributed by atoms with Crippen molar-refractivity contribution in [2.45, 2.75) is 6.42 Å². The summed E-state index contributed by atoms with van der Waals surface area (Å²) >= 11 is 6.14. The second kappa shape index (κ2) is 7.16. The van der Waals surface area contributed by atoms with E-state index in [1.54, 1.807) is 24.3 Å². The Morgan fingerprint density at radius 2 is 2.04 bits per heavy atom. The highest BCUT2D eigenvalue weighted by atomic mass is 35.5. The summed E-state index contributed by atoms with van der Waals surface area (Å²) in [5, 5.41) is 15.6. The highest BCUT2D eigenvalue weighted by Gasteiger charge is 2.08. The number of hydrogen-bond acceptors (Lipinski definition) is 4. The Bertz CT molecular complexity index is 1010. The van der Waals surface area contributed by atoms with Gasteiger partial charge in [-0.25, -0.2) is 9.49 Å². The molecule has 0 radical (unpaired) electrons. The molecule has 3 aromatic rings. The lowest BCUT2D eigenvalue weighted by Gasteiger charge is -2.10. The lowest BCUT2D eigenvalue weighted by atomic mass is 10.1. The van der Waals surface area contributed by atoms with Crippen LogP contribution in [0.3, 0.4) is 0 Å². The second-order valence-corrected chi connectivity index (χ2v) is 5.65. The quantitative estimate of drug-likeness (QED) is 0.771. The summed E-state index contributed by atoms with van der Waals surface area (Å²) in [6.07, 6.45) is 0.455. The molecule has 0 unspecified atom stereocenters. The van der Waals surface area contributed by atoms with Crippen LogP contribution in [0, 0.1) is 17.1 Å². The summed E-state index contributed by atoms with van der Waals surface area (Å²) in [4.78, 5) is 11.0. The van der Waals surface area contributed by atoms with Crippen molar-refractivity contribution in [1.82, 2.24) is 10.2 Å². The smallest absolute Gasteiger partial charge is 0.264 e. The van der Waals surface area contributed by atoms with Gasteiger partial charge in [-0.15, -0.1) is 0 Å². The molecule has 124 valence electrons. The van der Waals surface area contributed by atoms with E-state index in [1.165, 1.54) is 18.2 Å². The first-order chi connectivity index (χ1) is 12.0. The van der Waals surface area contributed by atoms with Crippen molar-refractivity contribution in [3.63, 3.8) is 0 Å². The Morgan fingerprint density at radius 1 is 1.20 bits per heavy atom. The molecule has 0 saturated heterocycles. The zero-order valence-electron chi connectivity index (χ0n) is 12.8. The standard InChI is InChI=1S/C18H11ClFN3O2/c19-16-3-1-11(6-14-2-4-18(24)23-22-14)8-17(16)25-15-7-12(10-21)5-13(20)9-15/h1-5,7-9H,6H2,(H,23,24). The maximum atomic E-state index is 13.5. The molecule has 0 aliphatic heterocycles. The summed E-state index contributed by atoms with van der Waals surface area (Å²) in [6.45, 7) is 0. The molecular weight excluding hydrogens is 345 g/mol. The molecule has 0 fully saturated rings. The molecule has 7 heteroatoms.